The van der Waals surface area contributed by atoms with E-state index in [1.165, 1.54) is 0 Å². The number of hydrogen-bond donors (Lipinski definition) is 0. The van der Waals surface area contributed by atoms with Gasteiger partial charge in [0.1, 0.15) is 11.9 Å². The fourth-order valence-electron chi connectivity index (χ4n) is 2.55. The van der Waals surface area contributed by atoms with Gasteiger partial charge >= 0.3 is 6.09 Å². The van der Waals surface area contributed by atoms with E-state index in [1.807, 2.05) is 51.1 Å². The topological polar surface area (TPSA) is 55.8 Å². The van der Waals surface area contributed by atoms with Crippen LogP contribution in [-0.4, -0.2) is 43.1 Å². The minimum absolute atomic E-state index is 0.0822. The molecule has 5 heteroatoms. The summed E-state index contributed by atoms with van der Waals surface area (Å²) < 4.78 is 9.68. The number of likely N-dealkylation sites (tertiary alicyclic amines) is 1. The Bertz CT molecular complexity index is 495. The number of carbonyl (C=O) groups excluding carboxylic acids is 2. The lowest BCUT2D eigenvalue weighted by Gasteiger charge is -2.31. The van der Waals surface area contributed by atoms with Crippen molar-refractivity contribution >= 4 is 12.4 Å². The van der Waals surface area contributed by atoms with Gasteiger partial charge in [0, 0.05) is 14.2 Å². The molecule has 0 saturated carbocycles. The Balaban J connectivity index is 0.000000816. The zero-order chi connectivity index (χ0) is 17.5. The number of methoxy groups -OCH3 is 1. The van der Waals surface area contributed by atoms with Gasteiger partial charge in [-0.1, -0.05) is 30.3 Å². The maximum atomic E-state index is 12.4. The van der Waals surface area contributed by atoms with Crippen molar-refractivity contribution in [3.63, 3.8) is 0 Å². The molecule has 23 heavy (non-hydrogen) atoms. The molecule has 2 rings (SSSR count). The number of nitrogens with zero attached hydrogens (tertiary/aromatic N) is 1. The minimum atomic E-state index is -0.561. The molecule has 0 aromatic heterocycles. The summed E-state index contributed by atoms with van der Waals surface area (Å²) in [5.41, 5.74) is 0.483. The van der Waals surface area contributed by atoms with Crippen molar-refractivity contribution in [3.8, 4) is 0 Å². The van der Waals surface area contributed by atoms with Gasteiger partial charge in [-0.05, 0) is 39.2 Å². The first kappa shape index (κ1) is 19.2. The van der Waals surface area contributed by atoms with Crippen molar-refractivity contribution in [2.24, 2.45) is 0 Å². The highest BCUT2D eigenvalue weighted by Gasteiger charge is 2.39. The highest BCUT2D eigenvalue weighted by atomic mass is 16.6. The molecule has 128 valence electrons. The van der Waals surface area contributed by atoms with E-state index < -0.39 is 17.7 Å². The molecule has 0 spiro atoms. The lowest BCUT2D eigenvalue weighted by Crippen LogP contribution is -2.41. The molecule has 2 unspecified atom stereocenters. The van der Waals surface area contributed by atoms with Crippen LogP contribution in [0.2, 0.25) is 0 Å². The van der Waals surface area contributed by atoms with Crippen molar-refractivity contribution in [1.29, 1.82) is 0 Å². The largest absolute Gasteiger partial charge is 0.444 e. The molecule has 2 atom stereocenters. The molecule has 1 saturated heterocycles. The average molecular weight is 321 g/mol. The van der Waals surface area contributed by atoms with Gasteiger partial charge in [-0.3, -0.25) is 4.90 Å². The molecule has 0 aliphatic carbocycles. The van der Waals surface area contributed by atoms with Crippen LogP contribution in [0.3, 0.4) is 0 Å². The van der Waals surface area contributed by atoms with Crippen LogP contribution in [0.4, 0.5) is 4.79 Å². The zero-order valence-electron chi connectivity index (χ0n) is 14.6. The molecule has 1 aromatic carbocycles. The quantitative estimate of drug-likeness (QED) is 0.781. The van der Waals surface area contributed by atoms with E-state index in [0.717, 1.165) is 18.3 Å². The van der Waals surface area contributed by atoms with Gasteiger partial charge in [0.2, 0.25) is 0 Å². The van der Waals surface area contributed by atoms with E-state index in [2.05, 4.69) is 4.74 Å². The van der Waals surface area contributed by atoms with Gasteiger partial charge < -0.3 is 14.3 Å². The van der Waals surface area contributed by atoms with Gasteiger partial charge in [0.05, 0.1) is 12.1 Å². The Kier molecular flexibility index (Phi) is 7.23. The highest BCUT2D eigenvalue weighted by Crippen LogP contribution is 2.36. The maximum absolute atomic E-state index is 12.4. The first-order valence-corrected chi connectivity index (χ1v) is 7.75. The van der Waals surface area contributed by atoms with Gasteiger partial charge in [0.15, 0.2) is 0 Å². The number of carbonyl (C=O) groups is 2. The van der Waals surface area contributed by atoms with Crippen molar-refractivity contribution < 1.29 is 19.1 Å². The Morgan fingerprint density at radius 2 is 1.74 bits per heavy atom. The molecular formula is C18H27NO4. The van der Waals surface area contributed by atoms with E-state index in [4.69, 9.17) is 4.74 Å². The molecule has 1 aromatic rings. The Labute approximate surface area is 138 Å². The predicted octanol–water partition coefficient (Wildman–Crippen LogP) is 3.59. The van der Waals surface area contributed by atoms with Crippen LogP contribution in [0.5, 0.6) is 0 Å². The summed E-state index contributed by atoms with van der Waals surface area (Å²) >= 11 is 0. The van der Waals surface area contributed by atoms with E-state index in [9.17, 15) is 9.59 Å². The summed E-state index contributed by atoms with van der Waals surface area (Å²) in [4.78, 5) is 25.2. The third kappa shape index (κ3) is 5.67. The standard InChI is InChI=1S/C16H21NO3.C2H6O/c1-16(2,3)20-15(19)17-13(11-18)9-10-14(17)12-7-5-4-6-8-12;1-3-2/h4-8,11,13-14H,9-10H2,1-3H3;1-2H3. The van der Waals surface area contributed by atoms with Crippen molar-refractivity contribution in [1.82, 2.24) is 4.90 Å². The SMILES string of the molecule is CC(C)(C)OC(=O)N1C(C=O)CCC1c1ccccc1.COC. The first-order valence-electron chi connectivity index (χ1n) is 7.75. The van der Waals surface area contributed by atoms with Crippen molar-refractivity contribution in [2.45, 2.75) is 51.3 Å². The molecule has 1 aliphatic rings. The fourth-order valence-corrected chi connectivity index (χ4v) is 2.55. The highest BCUT2D eigenvalue weighted by molar-refractivity contribution is 5.75. The van der Waals surface area contributed by atoms with Gasteiger partial charge in [-0.2, -0.15) is 0 Å². The second-order valence-corrected chi connectivity index (χ2v) is 6.50. The Morgan fingerprint density at radius 1 is 1.17 bits per heavy atom. The average Bonchev–Trinajstić information content (AvgIpc) is 2.91. The maximum Gasteiger partial charge on any atom is 0.411 e. The summed E-state index contributed by atoms with van der Waals surface area (Å²) in [5, 5.41) is 0. The molecule has 0 N–H and O–H groups in total. The molecular weight excluding hydrogens is 294 g/mol. The third-order valence-electron chi connectivity index (χ3n) is 3.37. The van der Waals surface area contributed by atoms with Crippen LogP contribution < -0.4 is 0 Å². The van der Waals surface area contributed by atoms with E-state index in [1.54, 1.807) is 19.1 Å². The predicted molar refractivity (Wildman–Crippen MR) is 89.3 cm³/mol. The summed E-state index contributed by atoms with van der Waals surface area (Å²) in [6.45, 7) is 5.48. The normalized spacial score (nSPS) is 20.5. The van der Waals surface area contributed by atoms with Crippen LogP contribution in [0.1, 0.15) is 45.2 Å². The second-order valence-electron chi connectivity index (χ2n) is 6.50. The molecule has 0 bridgehead atoms. The van der Waals surface area contributed by atoms with Crippen LogP contribution >= 0.6 is 0 Å². The Hall–Kier alpha value is -1.88. The van der Waals surface area contributed by atoms with E-state index in [0.29, 0.717) is 6.42 Å². The van der Waals surface area contributed by atoms with E-state index >= 15 is 0 Å². The molecule has 1 fully saturated rings. The van der Waals surface area contributed by atoms with E-state index in [-0.39, 0.29) is 6.04 Å². The second kappa shape index (κ2) is 8.67. The van der Waals surface area contributed by atoms with Crippen LogP contribution in [0.15, 0.2) is 30.3 Å². The fraction of sp³-hybridized carbons (Fsp3) is 0.556. The smallest absolute Gasteiger partial charge is 0.411 e. The number of benzene rings is 1. The van der Waals surface area contributed by atoms with Crippen LogP contribution in [-0.2, 0) is 14.3 Å². The number of ether oxygens (including phenoxy) is 2. The number of amides is 1. The van der Waals surface area contributed by atoms with Crippen molar-refractivity contribution in [2.75, 3.05) is 14.2 Å². The molecule has 1 aliphatic heterocycles. The lowest BCUT2D eigenvalue weighted by atomic mass is 10.1. The van der Waals surface area contributed by atoms with Gasteiger partial charge in [-0.15, -0.1) is 0 Å². The van der Waals surface area contributed by atoms with Crippen LogP contribution in [0.25, 0.3) is 0 Å². The number of rotatable bonds is 2. The number of hydrogen-bond acceptors (Lipinski definition) is 4. The molecule has 5 nitrogen and oxygen atoms in total. The minimum Gasteiger partial charge on any atom is -0.444 e. The monoisotopic (exact) mass is 321 g/mol. The third-order valence-corrected chi connectivity index (χ3v) is 3.37. The van der Waals surface area contributed by atoms with Crippen molar-refractivity contribution in [3.05, 3.63) is 35.9 Å². The Morgan fingerprint density at radius 3 is 2.22 bits per heavy atom. The molecule has 0 radical (unpaired) electrons. The summed E-state index contributed by atoms with van der Waals surface area (Å²) in [7, 11) is 3.25. The summed E-state index contributed by atoms with van der Waals surface area (Å²) in [6, 6.07) is 9.31. The summed E-state index contributed by atoms with van der Waals surface area (Å²) in [6.07, 6.45) is 1.89. The molecule has 1 heterocycles. The summed E-state index contributed by atoms with van der Waals surface area (Å²) in [5.74, 6) is 0. The van der Waals surface area contributed by atoms with Gasteiger partial charge in [-0.25, -0.2) is 4.79 Å². The van der Waals surface area contributed by atoms with Gasteiger partial charge in [0.25, 0.3) is 0 Å². The number of aldehydes is 1. The zero-order valence-corrected chi connectivity index (χ0v) is 14.6. The lowest BCUT2D eigenvalue weighted by molar-refractivity contribution is -0.112. The van der Waals surface area contributed by atoms with Crippen LogP contribution in [0, 0.1) is 0 Å². The first-order chi connectivity index (χ1) is 10.8. The molecule has 1 amide bonds.